The SMILES string of the molecule is CN(Cc1ccco1)C(=O)[C@@H]1[C@H](C(=O)O)C1(C)C. The molecular weight excluding hydrogens is 234 g/mol. The van der Waals surface area contributed by atoms with Gasteiger partial charge < -0.3 is 14.4 Å². The van der Waals surface area contributed by atoms with Gasteiger partial charge in [-0.25, -0.2) is 0 Å². The molecule has 0 spiro atoms. The fourth-order valence-electron chi connectivity index (χ4n) is 2.51. The summed E-state index contributed by atoms with van der Waals surface area (Å²) in [7, 11) is 1.66. The van der Waals surface area contributed by atoms with Crippen LogP contribution in [0, 0.1) is 17.3 Å². The summed E-state index contributed by atoms with van der Waals surface area (Å²) in [6.07, 6.45) is 1.55. The lowest BCUT2D eigenvalue weighted by Crippen LogP contribution is -2.29. The summed E-state index contributed by atoms with van der Waals surface area (Å²) in [4.78, 5) is 24.7. The first-order valence-corrected chi connectivity index (χ1v) is 5.86. The van der Waals surface area contributed by atoms with Crippen molar-refractivity contribution in [2.45, 2.75) is 20.4 Å². The van der Waals surface area contributed by atoms with Gasteiger partial charge in [0, 0.05) is 7.05 Å². The summed E-state index contributed by atoms with van der Waals surface area (Å²) in [5.41, 5.74) is -0.458. The summed E-state index contributed by atoms with van der Waals surface area (Å²) >= 11 is 0. The third-order valence-corrected chi connectivity index (χ3v) is 3.71. The van der Waals surface area contributed by atoms with Crippen LogP contribution in [0.3, 0.4) is 0 Å². The Hall–Kier alpha value is -1.78. The molecule has 5 nitrogen and oxygen atoms in total. The van der Waals surface area contributed by atoms with Gasteiger partial charge in [-0.1, -0.05) is 13.8 Å². The smallest absolute Gasteiger partial charge is 0.307 e. The minimum Gasteiger partial charge on any atom is -0.481 e. The normalized spacial score (nSPS) is 24.6. The monoisotopic (exact) mass is 251 g/mol. The van der Waals surface area contributed by atoms with Gasteiger partial charge >= 0.3 is 5.97 Å². The fourth-order valence-corrected chi connectivity index (χ4v) is 2.51. The molecule has 1 fully saturated rings. The molecule has 1 saturated carbocycles. The highest BCUT2D eigenvalue weighted by Crippen LogP contribution is 2.58. The van der Waals surface area contributed by atoms with Crippen molar-refractivity contribution >= 4 is 11.9 Å². The van der Waals surface area contributed by atoms with Gasteiger partial charge in [-0.3, -0.25) is 9.59 Å². The zero-order valence-electron chi connectivity index (χ0n) is 10.7. The largest absolute Gasteiger partial charge is 0.481 e. The number of amides is 1. The van der Waals surface area contributed by atoms with Crippen molar-refractivity contribution in [3.8, 4) is 0 Å². The number of nitrogens with zero attached hydrogens (tertiary/aromatic N) is 1. The van der Waals surface area contributed by atoms with Gasteiger partial charge in [0.25, 0.3) is 0 Å². The van der Waals surface area contributed by atoms with E-state index in [1.807, 2.05) is 13.8 Å². The Morgan fingerprint density at radius 1 is 1.44 bits per heavy atom. The molecule has 18 heavy (non-hydrogen) atoms. The van der Waals surface area contributed by atoms with Gasteiger partial charge in [0.2, 0.25) is 5.91 Å². The topological polar surface area (TPSA) is 70.8 Å². The Morgan fingerprint density at radius 2 is 2.11 bits per heavy atom. The second kappa shape index (κ2) is 4.15. The molecule has 2 atom stereocenters. The molecule has 0 bridgehead atoms. The number of rotatable bonds is 4. The highest BCUT2D eigenvalue weighted by atomic mass is 16.4. The zero-order valence-corrected chi connectivity index (χ0v) is 10.7. The van der Waals surface area contributed by atoms with Crippen LogP contribution in [0.5, 0.6) is 0 Å². The summed E-state index contributed by atoms with van der Waals surface area (Å²) < 4.78 is 5.17. The molecule has 1 heterocycles. The molecule has 1 aromatic heterocycles. The molecule has 0 aliphatic heterocycles. The molecule has 2 rings (SSSR count). The van der Waals surface area contributed by atoms with Crippen LogP contribution in [-0.4, -0.2) is 28.9 Å². The first-order valence-electron chi connectivity index (χ1n) is 5.86. The summed E-state index contributed by atoms with van der Waals surface area (Å²) in [5, 5.41) is 9.06. The molecular formula is C13H17NO4. The Bertz CT molecular complexity index is 463. The van der Waals surface area contributed by atoms with Crippen LogP contribution in [-0.2, 0) is 16.1 Å². The van der Waals surface area contributed by atoms with Crippen molar-refractivity contribution in [2.24, 2.45) is 17.3 Å². The first-order chi connectivity index (χ1) is 8.35. The van der Waals surface area contributed by atoms with Gasteiger partial charge in [0.1, 0.15) is 5.76 Å². The number of aliphatic carboxylic acids is 1. The van der Waals surface area contributed by atoms with Crippen LogP contribution in [0.1, 0.15) is 19.6 Å². The van der Waals surface area contributed by atoms with Crippen LogP contribution in [0.4, 0.5) is 0 Å². The minimum atomic E-state index is -0.898. The van der Waals surface area contributed by atoms with E-state index >= 15 is 0 Å². The Labute approximate surface area is 105 Å². The van der Waals surface area contributed by atoms with Gasteiger partial charge in [-0.2, -0.15) is 0 Å². The molecule has 1 aliphatic rings. The van der Waals surface area contributed by atoms with Crippen molar-refractivity contribution in [1.29, 1.82) is 0 Å². The average molecular weight is 251 g/mol. The lowest BCUT2D eigenvalue weighted by molar-refractivity contribution is -0.141. The van der Waals surface area contributed by atoms with Crippen molar-refractivity contribution in [2.75, 3.05) is 7.05 Å². The quantitative estimate of drug-likeness (QED) is 0.882. The number of carbonyl (C=O) groups is 2. The highest BCUT2D eigenvalue weighted by Gasteiger charge is 2.66. The lowest BCUT2D eigenvalue weighted by Gasteiger charge is -2.16. The van der Waals surface area contributed by atoms with E-state index in [1.54, 1.807) is 25.4 Å². The Balaban J connectivity index is 2.02. The van der Waals surface area contributed by atoms with E-state index in [0.29, 0.717) is 12.3 Å². The standard InChI is InChI=1S/C13H17NO4/c1-13(2)9(10(13)12(16)17)11(15)14(3)7-8-5-4-6-18-8/h4-6,9-10H,7H2,1-3H3,(H,16,17)/t9-,10+/m0/s1. The zero-order chi connectivity index (χ0) is 13.5. The highest BCUT2D eigenvalue weighted by molar-refractivity contribution is 5.91. The average Bonchev–Trinajstić information content (AvgIpc) is 2.63. The van der Waals surface area contributed by atoms with Crippen molar-refractivity contribution in [3.05, 3.63) is 24.2 Å². The van der Waals surface area contributed by atoms with Gasteiger partial charge in [-0.15, -0.1) is 0 Å². The number of carbonyl (C=O) groups excluding carboxylic acids is 1. The van der Waals surface area contributed by atoms with E-state index in [9.17, 15) is 9.59 Å². The molecule has 98 valence electrons. The predicted molar refractivity (Wildman–Crippen MR) is 63.6 cm³/mol. The maximum absolute atomic E-state index is 12.2. The molecule has 1 N–H and O–H groups in total. The van der Waals surface area contributed by atoms with Crippen molar-refractivity contribution in [1.82, 2.24) is 4.90 Å². The molecule has 1 amide bonds. The minimum absolute atomic E-state index is 0.135. The molecule has 0 saturated heterocycles. The second-order valence-corrected chi connectivity index (χ2v) is 5.39. The number of hydrogen-bond acceptors (Lipinski definition) is 3. The molecule has 0 radical (unpaired) electrons. The van der Waals surface area contributed by atoms with Gasteiger partial charge in [-0.05, 0) is 17.5 Å². The molecule has 1 aromatic rings. The Kier molecular flexibility index (Phi) is 2.92. The Morgan fingerprint density at radius 3 is 2.56 bits per heavy atom. The first kappa shape index (κ1) is 12.7. The summed E-state index contributed by atoms with van der Waals surface area (Å²) in [5.74, 6) is -1.36. The summed E-state index contributed by atoms with van der Waals surface area (Å²) in [6.45, 7) is 3.99. The third kappa shape index (κ3) is 2.00. The fraction of sp³-hybridized carbons (Fsp3) is 0.538. The second-order valence-electron chi connectivity index (χ2n) is 5.39. The van der Waals surface area contributed by atoms with E-state index in [4.69, 9.17) is 9.52 Å². The lowest BCUT2D eigenvalue weighted by atomic mass is 10.1. The van der Waals surface area contributed by atoms with Crippen molar-refractivity contribution in [3.63, 3.8) is 0 Å². The van der Waals surface area contributed by atoms with Crippen LogP contribution in [0.2, 0.25) is 0 Å². The number of carboxylic acids is 1. The molecule has 0 unspecified atom stereocenters. The van der Waals surface area contributed by atoms with E-state index in [1.165, 1.54) is 4.90 Å². The maximum Gasteiger partial charge on any atom is 0.307 e. The number of hydrogen-bond donors (Lipinski definition) is 1. The van der Waals surface area contributed by atoms with E-state index in [2.05, 4.69) is 0 Å². The van der Waals surface area contributed by atoms with Gasteiger partial charge in [0.15, 0.2) is 0 Å². The molecule has 0 aromatic carbocycles. The molecule has 5 heteroatoms. The van der Waals surface area contributed by atoms with Crippen LogP contribution in [0.15, 0.2) is 22.8 Å². The van der Waals surface area contributed by atoms with Crippen molar-refractivity contribution < 1.29 is 19.1 Å². The van der Waals surface area contributed by atoms with Crippen LogP contribution >= 0.6 is 0 Å². The van der Waals surface area contributed by atoms with E-state index < -0.39 is 23.2 Å². The van der Waals surface area contributed by atoms with E-state index in [-0.39, 0.29) is 5.91 Å². The van der Waals surface area contributed by atoms with Crippen LogP contribution in [0.25, 0.3) is 0 Å². The summed E-state index contributed by atoms with van der Waals surface area (Å²) in [6, 6.07) is 3.55. The number of carboxylic acid groups (broad SMARTS) is 1. The third-order valence-electron chi connectivity index (χ3n) is 3.71. The number of furan rings is 1. The van der Waals surface area contributed by atoms with Crippen LogP contribution < -0.4 is 0 Å². The van der Waals surface area contributed by atoms with Gasteiger partial charge in [0.05, 0.1) is 24.6 Å². The maximum atomic E-state index is 12.2. The van der Waals surface area contributed by atoms with E-state index in [0.717, 1.165) is 0 Å². The molecule has 1 aliphatic carbocycles. The predicted octanol–water partition coefficient (Wildman–Crippen LogP) is 1.59.